The molecule has 2 nitrogen and oxygen atoms in total. The van der Waals surface area contributed by atoms with E-state index in [1.54, 1.807) is 0 Å². The first-order valence-corrected chi connectivity index (χ1v) is 4.80. The number of rotatable bonds is 2. The number of benzene rings is 1. The quantitative estimate of drug-likeness (QED) is 0.695. The van der Waals surface area contributed by atoms with Gasteiger partial charge in [0.25, 0.3) is 0 Å². The van der Waals surface area contributed by atoms with E-state index < -0.39 is 0 Å². The number of fused-ring (bicyclic) bond motifs is 1. The Morgan fingerprint density at radius 3 is 3.00 bits per heavy atom. The summed E-state index contributed by atoms with van der Waals surface area (Å²) in [6.07, 6.45) is 0.896. The van der Waals surface area contributed by atoms with Gasteiger partial charge >= 0.3 is 0 Å². The van der Waals surface area contributed by atoms with Crippen molar-refractivity contribution in [2.75, 3.05) is 0 Å². The first kappa shape index (κ1) is 9.28. The molecule has 0 spiro atoms. The van der Waals surface area contributed by atoms with Crippen LogP contribution in [0.5, 0.6) is 0 Å². The molecule has 0 bridgehead atoms. The van der Waals surface area contributed by atoms with E-state index in [9.17, 15) is 4.79 Å². The van der Waals surface area contributed by atoms with Crippen LogP contribution < -0.4 is 0 Å². The van der Waals surface area contributed by atoms with Gasteiger partial charge in [0, 0.05) is 16.1 Å². The Labute approximate surface area is 87.1 Å². The molecule has 1 heterocycles. The summed E-state index contributed by atoms with van der Waals surface area (Å²) in [6.45, 7) is 2.36. The lowest BCUT2D eigenvalue weighted by molar-refractivity contribution is -0.108. The first-order valence-electron chi connectivity index (χ1n) is 4.42. The Balaban J connectivity index is 2.76. The lowest BCUT2D eigenvalue weighted by atomic mass is 10.2. The number of aryl methyl sites for hydroxylation is 1. The fraction of sp³-hybridized carbons (Fsp3) is 0.182. The highest BCUT2D eigenvalue weighted by molar-refractivity contribution is 6.35. The number of aromatic nitrogens is 1. The molecule has 0 radical (unpaired) electrons. The van der Waals surface area contributed by atoms with Crippen molar-refractivity contribution in [1.29, 1.82) is 0 Å². The average molecular weight is 208 g/mol. The highest BCUT2D eigenvalue weighted by atomic mass is 35.5. The fourth-order valence-corrected chi connectivity index (χ4v) is 1.92. The number of carbonyl (C=O) groups is 1. The highest BCUT2D eigenvalue weighted by Crippen LogP contribution is 2.26. The zero-order valence-electron chi connectivity index (χ0n) is 7.83. The molecule has 0 aliphatic heterocycles. The second-order valence-electron chi connectivity index (χ2n) is 3.24. The van der Waals surface area contributed by atoms with Gasteiger partial charge in [0.1, 0.15) is 6.29 Å². The van der Waals surface area contributed by atoms with Crippen LogP contribution >= 0.6 is 11.6 Å². The van der Waals surface area contributed by atoms with Crippen molar-refractivity contribution < 1.29 is 4.79 Å². The summed E-state index contributed by atoms with van der Waals surface area (Å²) in [5.41, 5.74) is 2.07. The van der Waals surface area contributed by atoms with E-state index in [0.717, 1.165) is 27.9 Å². The molecule has 0 fully saturated rings. The molecule has 0 saturated carbocycles. The SMILES string of the molecule is Cc1cc2c(Cl)cccc2n1CC=O. The van der Waals surface area contributed by atoms with Gasteiger partial charge in [-0.3, -0.25) is 0 Å². The summed E-state index contributed by atoms with van der Waals surface area (Å²) in [6, 6.07) is 7.72. The largest absolute Gasteiger partial charge is 0.338 e. The van der Waals surface area contributed by atoms with E-state index in [4.69, 9.17) is 11.6 Å². The maximum atomic E-state index is 10.5. The van der Waals surface area contributed by atoms with Gasteiger partial charge in [-0.15, -0.1) is 0 Å². The van der Waals surface area contributed by atoms with Crippen molar-refractivity contribution in [2.45, 2.75) is 13.5 Å². The summed E-state index contributed by atoms with van der Waals surface area (Å²) in [4.78, 5) is 10.5. The zero-order valence-corrected chi connectivity index (χ0v) is 8.58. The molecular formula is C11H10ClNO. The molecule has 0 saturated heterocycles. The molecule has 3 heteroatoms. The molecule has 72 valence electrons. The Kier molecular flexibility index (Phi) is 2.30. The Hall–Kier alpha value is -1.28. The third-order valence-corrected chi connectivity index (χ3v) is 2.69. The lowest BCUT2D eigenvalue weighted by Crippen LogP contribution is -1.99. The van der Waals surface area contributed by atoms with Crippen LogP contribution in [-0.2, 0) is 11.3 Å². The maximum Gasteiger partial charge on any atom is 0.139 e. The highest BCUT2D eigenvalue weighted by Gasteiger charge is 2.06. The number of carbonyl (C=O) groups excluding carboxylic acids is 1. The normalized spacial score (nSPS) is 10.7. The van der Waals surface area contributed by atoms with E-state index in [-0.39, 0.29) is 0 Å². The molecular weight excluding hydrogens is 198 g/mol. The number of halogens is 1. The van der Waals surface area contributed by atoms with E-state index in [1.165, 1.54) is 0 Å². The molecule has 1 aromatic carbocycles. The summed E-state index contributed by atoms with van der Waals surface area (Å²) in [5, 5.41) is 1.74. The monoisotopic (exact) mass is 207 g/mol. The van der Waals surface area contributed by atoms with Crippen molar-refractivity contribution in [2.24, 2.45) is 0 Å². The molecule has 2 rings (SSSR count). The Morgan fingerprint density at radius 1 is 1.50 bits per heavy atom. The molecule has 0 atom stereocenters. The number of hydrogen-bond donors (Lipinski definition) is 0. The summed E-state index contributed by atoms with van der Waals surface area (Å²) in [7, 11) is 0. The third kappa shape index (κ3) is 1.32. The molecule has 0 aliphatic rings. The van der Waals surface area contributed by atoms with Gasteiger partial charge in [-0.05, 0) is 25.1 Å². The Morgan fingerprint density at radius 2 is 2.29 bits per heavy atom. The van der Waals surface area contributed by atoms with Crippen LogP contribution in [0.2, 0.25) is 5.02 Å². The standard InChI is InChI=1S/C11H10ClNO/c1-8-7-9-10(12)3-2-4-11(9)13(8)5-6-14/h2-4,6-7H,5H2,1H3. The second kappa shape index (κ2) is 3.46. The van der Waals surface area contributed by atoms with Crippen LogP contribution in [0.1, 0.15) is 5.69 Å². The van der Waals surface area contributed by atoms with Gasteiger partial charge < -0.3 is 9.36 Å². The van der Waals surface area contributed by atoms with Crippen molar-refractivity contribution >= 4 is 28.8 Å². The summed E-state index contributed by atoms with van der Waals surface area (Å²) < 4.78 is 1.95. The van der Waals surface area contributed by atoms with Crippen molar-refractivity contribution in [3.05, 3.63) is 35.0 Å². The molecule has 0 N–H and O–H groups in total. The van der Waals surface area contributed by atoms with E-state index in [2.05, 4.69) is 0 Å². The van der Waals surface area contributed by atoms with Crippen LogP contribution in [0.25, 0.3) is 10.9 Å². The predicted molar refractivity (Wildman–Crippen MR) is 57.7 cm³/mol. The van der Waals surface area contributed by atoms with Gasteiger partial charge in [-0.1, -0.05) is 17.7 Å². The summed E-state index contributed by atoms with van der Waals surface area (Å²) in [5.74, 6) is 0. The zero-order chi connectivity index (χ0) is 10.1. The van der Waals surface area contributed by atoms with E-state index >= 15 is 0 Å². The maximum absolute atomic E-state index is 10.5. The molecule has 1 aromatic heterocycles. The minimum Gasteiger partial charge on any atom is -0.338 e. The predicted octanol–water partition coefficient (Wildman–Crippen LogP) is 2.80. The molecule has 14 heavy (non-hydrogen) atoms. The number of hydrogen-bond acceptors (Lipinski definition) is 1. The van der Waals surface area contributed by atoms with E-state index in [1.807, 2.05) is 35.8 Å². The minimum absolute atomic E-state index is 0.385. The molecule has 2 aromatic rings. The second-order valence-corrected chi connectivity index (χ2v) is 3.64. The smallest absolute Gasteiger partial charge is 0.139 e. The van der Waals surface area contributed by atoms with Gasteiger partial charge in [-0.25, -0.2) is 0 Å². The summed E-state index contributed by atoms with van der Waals surface area (Å²) >= 11 is 6.04. The van der Waals surface area contributed by atoms with Crippen molar-refractivity contribution in [1.82, 2.24) is 4.57 Å². The minimum atomic E-state index is 0.385. The van der Waals surface area contributed by atoms with Crippen LogP contribution in [0.15, 0.2) is 24.3 Å². The van der Waals surface area contributed by atoms with Gasteiger partial charge in [-0.2, -0.15) is 0 Å². The fourth-order valence-electron chi connectivity index (χ4n) is 1.70. The number of aldehydes is 1. The van der Waals surface area contributed by atoms with Crippen LogP contribution in [0, 0.1) is 6.92 Å². The van der Waals surface area contributed by atoms with Gasteiger partial charge in [0.15, 0.2) is 0 Å². The van der Waals surface area contributed by atoms with Crippen molar-refractivity contribution in [3.8, 4) is 0 Å². The van der Waals surface area contributed by atoms with Gasteiger partial charge in [0.05, 0.1) is 12.1 Å². The average Bonchev–Trinajstić information content (AvgIpc) is 2.47. The first-order chi connectivity index (χ1) is 6.74. The van der Waals surface area contributed by atoms with Crippen LogP contribution in [0.4, 0.5) is 0 Å². The lowest BCUT2D eigenvalue weighted by Gasteiger charge is -2.02. The molecule has 0 unspecified atom stereocenters. The van der Waals surface area contributed by atoms with Crippen LogP contribution in [0.3, 0.4) is 0 Å². The van der Waals surface area contributed by atoms with E-state index in [0.29, 0.717) is 6.54 Å². The van der Waals surface area contributed by atoms with Crippen molar-refractivity contribution in [3.63, 3.8) is 0 Å². The van der Waals surface area contributed by atoms with Gasteiger partial charge in [0.2, 0.25) is 0 Å². The molecule has 0 amide bonds. The topological polar surface area (TPSA) is 22.0 Å². The number of nitrogens with zero attached hydrogens (tertiary/aromatic N) is 1. The third-order valence-electron chi connectivity index (χ3n) is 2.36. The Bertz CT molecular complexity index is 487. The van der Waals surface area contributed by atoms with Crippen LogP contribution in [-0.4, -0.2) is 10.9 Å². The molecule has 0 aliphatic carbocycles.